The molecule has 2 N–H and O–H groups in total. The van der Waals surface area contributed by atoms with Gasteiger partial charge < -0.3 is 15.3 Å². The predicted molar refractivity (Wildman–Crippen MR) is 120 cm³/mol. The third kappa shape index (κ3) is 4.46. The van der Waals surface area contributed by atoms with E-state index in [2.05, 4.69) is 15.3 Å². The highest BCUT2D eigenvalue weighted by Gasteiger charge is 2.46. The fourth-order valence-corrected chi connectivity index (χ4v) is 4.08. The third-order valence-corrected chi connectivity index (χ3v) is 6.10. The molecule has 2 aliphatic rings. The minimum absolute atomic E-state index is 0.0131. The summed E-state index contributed by atoms with van der Waals surface area (Å²) < 4.78 is 0. The molecule has 0 saturated heterocycles. The van der Waals surface area contributed by atoms with Gasteiger partial charge in [-0.2, -0.15) is 0 Å². The van der Waals surface area contributed by atoms with Gasteiger partial charge in [0.25, 0.3) is 5.91 Å². The van der Waals surface area contributed by atoms with Crippen molar-refractivity contribution in [3.8, 4) is 11.4 Å². The molecule has 0 spiro atoms. The van der Waals surface area contributed by atoms with Crippen molar-refractivity contribution in [1.29, 1.82) is 0 Å². The lowest BCUT2D eigenvalue weighted by atomic mass is 10.1. The Balaban J connectivity index is 1.24. The molecule has 5 rings (SSSR count). The summed E-state index contributed by atoms with van der Waals surface area (Å²) in [6, 6.07) is 16.7. The van der Waals surface area contributed by atoms with Crippen molar-refractivity contribution < 1.29 is 14.7 Å². The number of hydrogen-bond donors (Lipinski definition) is 2. The van der Waals surface area contributed by atoms with Crippen molar-refractivity contribution in [2.24, 2.45) is 5.92 Å². The number of aromatic nitrogens is 2. The quantitative estimate of drug-likeness (QED) is 0.571. The minimum atomic E-state index is -0.845. The van der Waals surface area contributed by atoms with Crippen LogP contribution in [0.25, 0.3) is 11.4 Å². The average molecular weight is 428 g/mol. The molecule has 2 saturated carbocycles. The number of carboxylic acid groups (broad SMARTS) is 1. The van der Waals surface area contributed by atoms with Crippen LogP contribution in [0.5, 0.6) is 0 Å². The van der Waals surface area contributed by atoms with Crippen LogP contribution in [0.15, 0.2) is 67.0 Å². The minimum Gasteiger partial charge on any atom is -0.465 e. The maximum atomic E-state index is 12.8. The van der Waals surface area contributed by atoms with E-state index in [1.54, 1.807) is 29.4 Å². The summed E-state index contributed by atoms with van der Waals surface area (Å²) in [6.07, 6.45) is 5.59. The predicted octanol–water partition coefficient (Wildman–Crippen LogP) is 4.64. The molecule has 162 valence electrons. The molecule has 1 heterocycles. The van der Waals surface area contributed by atoms with Gasteiger partial charge in [0.15, 0.2) is 5.82 Å². The fraction of sp³-hybridized carbons (Fsp3) is 0.280. The zero-order valence-corrected chi connectivity index (χ0v) is 17.5. The van der Waals surface area contributed by atoms with E-state index >= 15 is 0 Å². The molecule has 2 aromatic carbocycles. The first-order valence-corrected chi connectivity index (χ1v) is 10.9. The van der Waals surface area contributed by atoms with Gasteiger partial charge in [0.05, 0.1) is 0 Å². The smallest absolute Gasteiger partial charge is 0.407 e. The molecule has 32 heavy (non-hydrogen) atoms. The van der Waals surface area contributed by atoms with Crippen molar-refractivity contribution in [2.45, 2.75) is 31.2 Å². The van der Waals surface area contributed by atoms with Crippen LogP contribution >= 0.6 is 0 Å². The normalized spacial score (nSPS) is 19.2. The van der Waals surface area contributed by atoms with Gasteiger partial charge in [0.2, 0.25) is 0 Å². The highest BCUT2D eigenvalue weighted by Crippen LogP contribution is 2.46. The van der Waals surface area contributed by atoms with Gasteiger partial charge in [-0.3, -0.25) is 4.79 Å². The second-order valence-electron chi connectivity index (χ2n) is 8.52. The number of anilines is 1. The van der Waals surface area contributed by atoms with Crippen LogP contribution in [-0.2, 0) is 0 Å². The number of carbonyl (C=O) groups excluding carboxylic acids is 1. The maximum absolute atomic E-state index is 12.8. The Bertz CT molecular complexity index is 1130. The third-order valence-electron chi connectivity index (χ3n) is 6.10. The van der Waals surface area contributed by atoms with E-state index in [-0.39, 0.29) is 17.9 Å². The summed E-state index contributed by atoms with van der Waals surface area (Å²) in [7, 11) is 0. The first-order valence-electron chi connectivity index (χ1n) is 10.9. The Morgan fingerprint density at radius 1 is 1.03 bits per heavy atom. The molecule has 2 aliphatic carbocycles. The first-order chi connectivity index (χ1) is 15.6. The number of hydrogen-bond acceptors (Lipinski definition) is 4. The Kier molecular flexibility index (Phi) is 5.31. The van der Waals surface area contributed by atoms with Crippen molar-refractivity contribution >= 4 is 17.7 Å². The topological polar surface area (TPSA) is 95.4 Å². The van der Waals surface area contributed by atoms with E-state index in [9.17, 15) is 14.7 Å². The highest BCUT2D eigenvalue weighted by atomic mass is 16.4. The van der Waals surface area contributed by atoms with Crippen LogP contribution in [0.2, 0.25) is 0 Å². The summed E-state index contributed by atoms with van der Waals surface area (Å²) in [6.45, 7) is 0.626. The lowest BCUT2D eigenvalue weighted by Gasteiger charge is -2.19. The van der Waals surface area contributed by atoms with Gasteiger partial charge in [0.1, 0.15) is 0 Å². The number of carbonyl (C=O) groups is 2. The molecular formula is C25H24N4O3. The van der Waals surface area contributed by atoms with Crippen molar-refractivity contribution in [1.82, 2.24) is 14.9 Å². The summed E-state index contributed by atoms with van der Waals surface area (Å²) in [5.41, 5.74) is 3.14. The van der Waals surface area contributed by atoms with Crippen LogP contribution in [-0.4, -0.2) is 44.6 Å². The van der Waals surface area contributed by atoms with Crippen LogP contribution in [0.3, 0.4) is 0 Å². The van der Waals surface area contributed by atoms with Gasteiger partial charge in [0, 0.05) is 47.7 Å². The highest BCUT2D eigenvalue weighted by molar-refractivity contribution is 6.04. The monoisotopic (exact) mass is 428 g/mol. The molecule has 1 aromatic heterocycles. The van der Waals surface area contributed by atoms with Gasteiger partial charge in [-0.15, -0.1) is 0 Å². The lowest BCUT2D eigenvalue weighted by Crippen LogP contribution is -2.34. The van der Waals surface area contributed by atoms with Crippen LogP contribution in [0.4, 0.5) is 10.5 Å². The first kappa shape index (κ1) is 20.2. The lowest BCUT2D eigenvalue weighted by molar-refractivity contribution is 0.102. The van der Waals surface area contributed by atoms with Gasteiger partial charge in [-0.1, -0.05) is 12.1 Å². The number of nitrogens with zero attached hydrogens (tertiary/aromatic N) is 3. The second-order valence-corrected chi connectivity index (χ2v) is 8.52. The number of rotatable bonds is 7. The van der Waals surface area contributed by atoms with Gasteiger partial charge in [-0.05, 0) is 73.2 Å². The molecule has 7 heteroatoms. The average Bonchev–Trinajstić information content (AvgIpc) is 3.74. The largest absolute Gasteiger partial charge is 0.465 e. The van der Waals surface area contributed by atoms with Crippen LogP contribution in [0, 0.1) is 5.92 Å². The summed E-state index contributed by atoms with van der Waals surface area (Å²) in [5, 5.41) is 12.5. The van der Waals surface area contributed by atoms with E-state index in [0.29, 0.717) is 29.5 Å². The Hall–Kier alpha value is -3.74. The Morgan fingerprint density at radius 2 is 1.78 bits per heavy atom. The SMILES string of the molecule is O=C(Nc1ccc(-c2ncccn2)cc1)c1cccc([C@@H]2C[C@H]2N(CC2CC2)C(=O)O)c1. The van der Waals surface area contributed by atoms with E-state index < -0.39 is 6.09 Å². The van der Waals surface area contributed by atoms with E-state index in [1.807, 2.05) is 42.5 Å². The molecule has 0 radical (unpaired) electrons. The zero-order valence-electron chi connectivity index (χ0n) is 17.5. The molecule has 0 bridgehead atoms. The van der Waals surface area contributed by atoms with Crippen molar-refractivity contribution in [3.05, 3.63) is 78.1 Å². The Morgan fingerprint density at radius 3 is 2.47 bits per heavy atom. The van der Waals surface area contributed by atoms with E-state index in [0.717, 1.165) is 30.4 Å². The number of nitrogens with one attached hydrogen (secondary N) is 1. The van der Waals surface area contributed by atoms with Crippen molar-refractivity contribution in [2.75, 3.05) is 11.9 Å². The maximum Gasteiger partial charge on any atom is 0.407 e. The standard InChI is InChI=1S/C25H24N4O3/c30-24(28-20-9-7-17(8-10-20)23-26-11-2-12-27-23)19-4-1-3-18(13-19)21-14-22(21)29(25(31)32)15-16-5-6-16/h1-4,7-13,16,21-22H,5-6,14-15H2,(H,28,30)(H,31,32)/t21-,22+/m0/s1. The van der Waals surface area contributed by atoms with Gasteiger partial charge >= 0.3 is 6.09 Å². The number of amides is 2. The molecule has 7 nitrogen and oxygen atoms in total. The molecule has 2 fully saturated rings. The molecule has 2 amide bonds. The second kappa shape index (κ2) is 8.42. The van der Waals surface area contributed by atoms with E-state index in [4.69, 9.17) is 0 Å². The molecular weight excluding hydrogens is 404 g/mol. The van der Waals surface area contributed by atoms with Crippen LogP contribution < -0.4 is 5.32 Å². The number of benzene rings is 2. The van der Waals surface area contributed by atoms with Crippen LogP contribution in [0.1, 0.15) is 41.1 Å². The summed E-state index contributed by atoms with van der Waals surface area (Å²) >= 11 is 0. The fourth-order valence-electron chi connectivity index (χ4n) is 4.08. The molecule has 0 aliphatic heterocycles. The van der Waals surface area contributed by atoms with E-state index in [1.165, 1.54) is 0 Å². The molecule has 2 atom stereocenters. The van der Waals surface area contributed by atoms with Crippen molar-refractivity contribution in [3.63, 3.8) is 0 Å². The zero-order chi connectivity index (χ0) is 22.1. The molecule has 0 unspecified atom stereocenters. The Labute approximate surface area is 186 Å². The molecule has 3 aromatic rings. The summed E-state index contributed by atoms with van der Waals surface area (Å²) in [5.74, 6) is 1.11. The van der Waals surface area contributed by atoms with Gasteiger partial charge in [-0.25, -0.2) is 14.8 Å². The summed E-state index contributed by atoms with van der Waals surface area (Å²) in [4.78, 5) is 34.5.